The topological polar surface area (TPSA) is 64.1 Å². The number of rotatable bonds is 6. The summed E-state index contributed by atoms with van der Waals surface area (Å²) in [6.45, 7) is 9.43. The monoisotopic (exact) mass is 443 g/mol. The van der Waals surface area contributed by atoms with Crippen molar-refractivity contribution < 1.29 is 14.2 Å². The molecular weight excluding hydrogens is 409 g/mol. The Kier molecular flexibility index (Phi) is 10.6. The van der Waals surface area contributed by atoms with Crippen molar-refractivity contribution in [3.8, 4) is 0 Å². The largest absolute Gasteiger partial charge is 0.381 e. The molecule has 0 aliphatic carbocycles. The second-order valence-corrected chi connectivity index (χ2v) is 6.90. The van der Waals surface area contributed by atoms with Crippen molar-refractivity contribution in [2.24, 2.45) is 10.4 Å². The molecule has 0 radical (unpaired) electrons. The van der Waals surface area contributed by atoms with E-state index in [0.717, 1.165) is 38.6 Å². The first-order valence-electron chi connectivity index (χ1n) is 7.97. The van der Waals surface area contributed by atoms with Crippen molar-refractivity contribution in [1.82, 2.24) is 10.6 Å². The highest BCUT2D eigenvalue weighted by atomic mass is 127. The molecule has 1 rings (SSSR count). The second-order valence-electron chi connectivity index (χ2n) is 6.90. The van der Waals surface area contributed by atoms with Crippen LogP contribution in [-0.2, 0) is 14.2 Å². The van der Waals surface area contributed by atoms with Crippen LogP contribution in [-0.4, -0.2) is 65.2 Å². The lowest BCUT2D eigenvalue weighted by Crippen LogP contribution is -2.52. The van der Waals surface area contributed by atoms with E-state index in [1.807, 2.05) is 0 Å². The van der Waals surface area contributed by atoms with Crippen molar-refractivity contribution in [1.29, 1.82) is 0 Å². The van der Waals surface area contributed by atoms with E-state index in [1.54, 1.807) is 21.3 Å². The summed E-state index contributed by atoms with van der Waals surface area (Å²) in [5, 5.41) is 6.70. The van der Waals surface area contributed by atoms with Gasteiger partial charge in [-0.15, -0.1) is 24.0 Å². The van der Waals surface area contributed by atoms with Crippen molar-refractivity contribution in [3.63, 3.8) is 0 Å². The molecule has 0 saturated carbocycles. The summed E-state index contributed by atoms with van der Waals surface area (Å²) < 4.78 is 16.7. The van der Waals surface area contributed by atoms with Gasteiger partial charge in [0.25, 0.3) is 0 Å². The summed E-state index contributed by atoms with van der Waals surface area (Å²) >= 11 is 0. The molecule has 1 unspecified atom stereocenters. The van der Waals surface area contributed by atoms with Crippen LogP contribution < -0.4 is 10.6 Å². The first kappa shape index (κ1) is 22.9. The van der Waals surface area contributed by atoms with Gasteiger partial charge >= 0.3 is 0 Å². The molecule has 0 bridgehead atoms. The van der Waals surface area contributed by atoms with Gasteiger partial charge in [0.15, 0.2) is 5.96 Å². The normalized spacial score (nSPS) is 19.7. The van der Waals surface area contributed by atoms with Gasteiger partial charge in [-0.05, 0) is 5.41 Å². The van der Waals surface area contributed by atoms with Crippen LogP contribution in [0.15, 0.2) is 4.99 Å². The van der Waals surface area contributed by atoms with Gasteiger partial charge in [0, 0.05) is 60.4 Å². The number of halogens is 1. The molecule has 1 fully saturated rings. The molecule has 1 heterocycles. The van der Waals surface area contributed by atoms with Gasteiger partial charge in [-0.1, -0.05) is 20.8 Å². The smallest absolute Gasteiger partial charge is 0.191 e. The predicted molar refractivity (Wildman–Crippen MR) is 105 cm³/mol. The average Bonchev–Trinajstić information content (AvgIpc) is 2.50. The van der Waals surface area contributed by atoms with E-state index < -0.39 is 0 Å². The zero-order valence-electron chi connectivity index (χ0n) is 15.4. The fraction of sp³-hybridized carbons (Fsp3) is 0.938. The molecule has 0 spiro atoms. The standard InChI is InChI=1S/C16H33N3O3.HI/c1-15(2,3)13(20-5)11-18-14(17-4)19-12-16(21-6)7-9-22-10-8-16;/h13H,7-12H2,1-6H3,(H2,17,18,19);1H. The highest BCUT2D eigenvalue weighted by Crippen LogP contribution is 2.23. The zero-order chi connectivity index (χ0) is 16.6. The lowest BCUT2D eigenvalue weighted by Gasteiger charge is -2.36. The number of aliphatic imine (C=N–C) groups is 1. The van der Waals surface area contributed by atoms with Crippen molar-refractivity contribution >= 4 is 29.9 Å². The first-order valence-corrected chi connectivity index (χ1v) is 7.97. The van der Waals surface area contributed by atoms with Crippen molar-refractivity contribution in [3.05, 3.63) is 0 Å². The van der Waals surface area contributed by atoms with Gasteiger partial charge < -0.3 is 24.8 Å². The third-order valence-electron chi connectivity index (χ3n) is 4.34. The molecule has 1 aliphatic heterocycles. The molecule has 138 valence electrons. The second kappa shape index (κ2) is 10.7. The molecule has 6 nitrogen and oxygen atoms in total. The molecule has 0 aromatic rings. The molecule has 23 heavy (non-hydrogen) atoms. The number of guanidine groups is 1. The van der Waals surface area contributed by atoms with Gasteiger partial charge in [-0.2, -0.15) is 0 Å². The van der Waals surface area contributed by atoms with Crippen LogP contribution in [0.3, 0.4) is 0 Å². The molecule has 2 N–H and O–H groups in total. The molecule has 1 atom stereocenters. The van der Waals surface area contributed by atoms with Crippen LogP contribution in [0.1, 0.15) is 33.6 Å². The van der Waals surface area contributed by atoms with E-state index in [-0.39, 0.29) is 41.1 Å². The maximum atomic E-state index is 5.72. The predicted octanol–water partition coefficient (Wildman–Crippen LogP) is 2.03. The average molecular weight is 443 g/mol. The molecule has 0 aromatic carbocycles. The number of nitrogens with one attached hydrogen (secondary N) is 2. The maximum absolute atomic E-state index is 5.72. The third-order valence-corrected chi connectivity index (χ3v) is 4.34. The van der Waals surface area contributed by atoms with E-state index >= 15 is 0 Å². The summed E-state index contributed by atoms with van der Waals surface area (Å²) in [5.41, 5.74) is -0.0877. The molecule has 1 aliphatic rings. The zero-order valence-corrected chi connectivity index (χ0v) is 17.7. The third kappa shape index (κ3) is 7.53. The van der Waals surface area contributed by atoms with Gasteiger partial charge in [0.05, 0.1) is 11.7 Å². The highest BCUT2D eigenvalue weighted by molar-refractivity contribution is 14.0. The van der Waals surface area contributed by atoms with Gasteiger partial charge in [0.2, 0.25) is 0 Å². The number of ether oxygens (including phenoxy) is 3. The molecular formula is C16H34IN3O3. The van der Waals surface area contributed by atoms with Crippen LogP contribution in [0.4, 0.5) is 0 Å². The van der Waals surface area contributed by atoms with E-state index in [4.69, 9.17) is 14.2 Å². The minimum atomic E-state index is -0.166. The fourth-order valence-electron chi connectivity index (χ4n) is 2.59. The molecule has 7 heteroatoms. The van der Waals surface area contributed by atoms with Crippen molar-refractivity contribution in [2.45, 2.75) is 45.3 Å². The maximum Gasteiger partial charge on any atom is 0.191 e. The Balaban J connectivity index is 0.00000484. The van der Waals surface area contributed by atoms with E-state index in [0.29, 0.717) is 6.54 Å². The summed E-state index contributed by atoms with van der Waals surface area (Å²) in [7, 11) is 5.29. The summed E-state index contributed by atoms with van der Waals surface area (Å²) in [6, 6.07) is 0. The van der Waals surface area contributed by atoms with Crippen LogP contribution in [0.5, 0.6) is 0 Å². The summed E-state index contributed by atoms with van der Waals surface area (Å²) in [5.74, 6) is 0.772. The Labute approximate surface area is 158 Å². The Morgan fingerprint density at radius 3 is 2.26 bits per heavy atom. The molecule has 0 amide bonds. The van der Waals surface area contributed by atoms with Crippen LogP contribution in [0.2, 0.25) is 0 Å². The summed E-state index contributed by atoms with van der Waals surface area (Å²) in [4.78, 5) is 4.28. The van der Waals surface area contributed by atoms with Crippen LogP contribution >= 0.6 is 24.0 Å². The minimum Gasteiger partial charge on any atom is -0.381 e. The van der Waals surface area contributed by atoms with Gasteiger partial charge in [0.1, 0.15) is 0 Å². The Morgan fingerprint density at radius 2 is 1.83 bits per heavy atom. The number of methoxy groups -OCH3 is 2. The minimum absolute atomic E-state index is 0. The van der Waals surface area contributed by atoms with Gasteiger partial charge in [-0.3, -0.25) is 4.99 Å². The lowest BCUT2D eigenvalue weighted by atomic mass is 9.89. The number of nitrogens with zero attached hydrogens (tertiary/aromatic N) is 1. The van der Waals surface area contributed by atoms with Gasteiger partial charge in [-0.25, -0.2) is 0 Å². The van der Waals surface area contributed by atoms with Crippen LogP contribution in [0, 0.1) is 5.41 Å². The fourth-order valence-corrected chi connectivity index (χ4v) is 2.59. The van der Waals surface area contributed by atoms with E-state index in [2.05, 4.69) is 36.4 Å². The number of hydrogen-bond donors (Lipinski definition) is 2. The van der Waals surface area contributed by atoms with E-state index in [9.17, 15) is 0 Å². The quantitative estimate of drug-likeness (QED) is 0.374. The van der Waals surface area contributed by atoms with E-state index in [1.165, 1.54) is 0 Å². The van der Waals surface area contributed by atoms with Crippen molar-refractivity contribution in [2.75, 3.05) is 47.6 Å². The Morgan fingerprint density at radius 1 is 1.22 bits per heavy atom. The van der Waals surface area contributed by atoms with Crippen LogP contribution in [0.25, 0.3) is 0 Å². The SMILES string of the molecule is CN=C(NCC(OC)C(C)(C)C)NCC1(OC)CCOCC1.I. The Hall–Kier alpha value is -0.120. The molecule has 0 aromatic heterocycles. The molecule has 1 saturated heterocycles. The number of hydrogen-bond acceptors (Lipinski definition) is 4. The lowest BCUT2D eigenvalue weighted by molar-refractivity contribution is -0.0855. The first-order chi connectivity index (χ1) is 10.4. The summed E-state index contributed by atoms with van der Waals surface area (Å²) in [6.07, 6.45) is 1.91. The Bertz CT molecular complexity index is 353. The highest BCUT2D eigenvalue weighted by Gasteiger charge is 2.32.